The summed E-state index contributed by atoms with van der Waals surface area (Å²) in [5.74, 6) is -2.70. The molecule has 3 rings (SSSR count). The number of nitrogens with one attached hydrogen (secondary N) is 2. The highest BCUT2D eigenvalue weighted by Gasteiger charge is 2.29. The largest absolute Gasteiger partial charge is 0.364 e. The van der Waals surface area contributed by atoms with Crippen LogP contribution in [-0.4, -0.2) is 34.7 Å². The summed E-state index contributed by atoms with van der Waals surface area (Å²) in [6.07, 6.45) is 0.558. The summed E-state index contributed by atoms with van der Waals surface area (Å²) < 4.78 is 18.9. The molecule has 1 aromatic heterocycles. The van der Waals surface area contributed by atoms with E-state index in [4.69, 9.17) is 16.3 Å². The number of amides is 2. The fourth-order valence-corrected chi connectivity index (χ4v) is 3.26. The maximum absolute atomic E-state index is 13.3. The number of carbonyl (C=O) groups excluding carboxylic acids is 3. The van der Waals surface area contributed by atoms with Gasteiger partial charge in [-0.1, -0.05) is 54.1 Å². The summed E-state index contributed by atoms with van der Waals surface area (Å²) >= 11 is 5.81. The molecule has 1 heterocycles. The normalized spacial score (nSPS) is 12.4. The highest BCUT2D eigenvalue weighted by Crippen LogP contribution is 2.09. The highest BCUT2D eigenvalue weighted by atomic mass is 35.5. The summed E-state index contributed by atoms with van der Waals surface area (Å²) in [4.78, 5) is 42.3. The van der Waals surface area contributed by atoms with E-state index in [0.29, 0.717) is 16.3 Å². The van der Waals surface area contributed by atoms with E-state index in [0.717, 1.165) is 5.56 Å². The van der Waals surface area contributed by atoms with Crippen molar-refractivity contribution in [3.8, 4) is 0 Å². The van der Waals surface area contributed by atoms with Crippen molar-refractivity contribution in [2.24, 2.45) is 0 Å². The Labute approximate surface area is 207 Å². The molecule has 2 unspecified atom stereocenters. The van der Waals surface area contributed by atoms with Crippen LogP contribution in [0.25, 0.3) is 0 Å². The second kappa shape index (κ2) is 12.7. The number of rotatable bonds is 11. The molecule has 182 valence electrons. The summed E-state index contributed by atoms with van der Waals surface area (Å²) in [5, 5.41) is 5.55. The van der Waals surface area contributed by atoms with Crippen molar-refractivity contribution in [2.75, 3.05) is 0 Å². The van der Waals surface area contributed by atoms with E-state index in [2.05, 4.69) is 15.6 Å². The van der Waals surface area contributed by atoms with Gasteiger partial charge in [0, 0.05) is 12.6 Å². The van der Waals surface area contributed by atoms with Crippen molar-refractivity contribution >= 4 is 29.2 Å². The number of benzene rings is 2. The number of ether oxygens (including phenoxy) is 1. The third-order valence-corrected chi connectivity index (χ3v) is 5.36. The molecule has 0 saturated heterocycles. The van der Waals surface area contributed by atoms with Crippen molar-refractivity contribution in [1.82, 2.24) is 15.6 Å². The molecule has 0 bridgehead atoms. The van der Waals surface area contributed by atoms with E-state index in [1.165, 1.54) is 30.5 Å². The topological polar surface area (TPSA) is 97.4 Å². The Balaban J connectivity index is 1.65. The summed E-state index contributed by atoms with van der Waals surface area (Å²) in [5.41, 5.74) is 1.98. The van der Waals surface area contributed by atoms with E-state index in [1.54, 1.807) is 19.1 Å². The second-order valence-corrected chi connectivity index (χ2v) is 8.28. The van der Waals surface area contributed by atoms with Gasteiger partial charge < -0.3 is 15.4 Å². The SMILES string of the molecule is CC(OCc1ccccc1)C(=O)NC(Cc1ccc(F)cc1)C(=O)C(=O)NCc1ccc(Cl)cn1. The number of pyridine rings is 1. The van der Waals surface area contributed by atoms with Gasteiger partial charge in [-0.3, -0.25) is 19.4 Å². The molecule has 0 aliphatic rings. The number of carbonyl (C=O) groups is 3. The maximum Gasteiger partial charge on any atom is 0.289 e. The van der Waals surface area contributed by atoms with Crippen molar-refractivity contribution < 1.29 is 23.5 Å². The third kappa shape index (κ3) is 8.27. The Kier molecular flexibility index (Phi) is 9.46. The predicted molar refractivity (Wildman–Crippen MR) is 129 cm³/mol. The Morgan fingerprint density at radius 3 is 2.37 bits per heavy atom. The number of ketones is 1. The van der Waals surface area contributed by atoms with Crippen molar-refractivity contribution in [3.05, 3.63) is 101 Å². The van der Waals surface area contributed by atoms with Gasteiger partial charge in [-0.2, -0.15) is 0 Å². The first-order valence-corrected chi connectivity index (χ1v) is 11.3. The third-order valence-electron chi connectivity index (χ3n) is 5.14. The van der Waals surface area contributed by atoms with Crippen LogP contribution in [0.5, 0.6) is 0 Å². The maximum atomic E-state index is 13.3. The number of halogens is 2. The molecule has 0 radical (unpaired) electrons. The minimum Gasteiger partial charge on any atom is -0.364 e. The minimum atomic E-state index is -1.17. The first-order valence-electron chi connectivity index (χ1n) is 10.9. The first kappa shape index (κ1) is 26.0. The van der Waals surface area contributed by atoms with Gasteiger partial charge in [0.05, 0.1) is 23.9 Å². The lowest BCUT2D eigenvalue weighted by Crippen LogP contribution is -2.51. The standard InChI is InChI=1S/C26H25ClFN3O4/c1-17(35-16-19-5-3-2-4-6-19)25(33)31-23(13-18-7-10-21(28)11-8-18)24(32)26(34)30-15-22-12-9-20(27)14-29-22/h2-12,14,17,23H,13,15-16H2,1H3,(H,30,34)(H,31,33). The molecule has 2 N–H and O–H groups in total. The van der Waals surface area contributed by atoms with Crippen LogP contribution in [0.15, 0.2) is 72.9 Å². The molecule has 0 aliphatic heterocycles. The summed E-state index contributed by atoms with van der Waals surface area (Å²) in [7, 11) is 0. The Morgan fingerprint density at radius 1 is 1.00 bits per heavy atom. The highest BCUT2D eigenvalue weighted by molar-refractivity contribution is 6.38. The molecule has 0 saturated carbocycles. The molecule has 2 atom stereocenters. The van der Waals surface area contributed by atoms with Crippen LogP contribution in [0.4, 0.5) is 4.39 Å². The van der Waals surface area contributed by atoms with E-state index in [-0.39, 0.29) is 19.6 Å². The van der Waals surface area contributed by atoms with Crippen LogP contribution in [0, 0.1) is 5.82 Å². The molecular formula is C26H25ClFN3O4. The zero-order chi connectivity index (χ0) is 25.2. The zero-order valence-corrected chi connectivity index (χ0v) is 19.8. The Morgan fingerprint density at radius 2 is 1.71 bits per heavy atom. The zero-order valence-electron chi connectivity index (χ0n) is 19.0. The van der Waals surface area contributed by atoms with E-state index in [1.807, 2.05) is 30.3 Å². The minimum absolute atomic E-state index is 0.00285. The number of nitrogens with zero attached hydrogens (tertiary/aromatic N) is 1. The van der Waals surface area contributed by atoms with Crippen molar-refractivity contribution in [3.63, 3.8) is 0 Å². The lowest BCUT2D eigenvalue weighted by atomic mass is 10.0. The summed E-state index contributed by atoms with van der Waals surface area (Å²) in [6, 6.07) is 16.9. The number of hydrogen-bond donors (Lipinski definition) is 2. The smallest absolute Gasteiger partial charge is 0.289 e. The van der Waals surface area contributed by atoms with Crippen LogP contribution < -0.4 is 10.6 Å². The molecule has 7 nitrogen and oxygen atoms in total. The van der Waals surface area contributed by atoms with Crippen LogP contribution in [0.1, 0.15) is 23.7 Å². The van der Waals surface area contributed by atoms with Gasteiger partial charge in [-0.15, -0.1) is 0 Å². The fraction of sp³-hybridized carbons (Fsp3) is 0.231. The van der Waals surface area contributed by atoms with E-state index in [9.17, 15) is 18.8 Å². The average molecular weight is 498 g/mol. The van der Waals surface area contributed by atoms with Crippen LogP contribution in [0.3, 0.4) is 0 Å². The molecule has 3 aromatic rings. The van der Waals surface area contributed by atoms with E-state index >= 15 is 0 Å². The molecular weight excluding hydrogens is 473 g/mol. The number of Topliss-reactive ketones (excluding diaryl/α,β-unsaturated/α-hetero) is 1. The van der Waals surface area contributed by atoms with Gasteiger partial charge >= 0.3 is 0 Å². The molecule has 35 heavy (non-hydrogen) atoms. The van der Waals surface area contributed by atoms with Crippen molar-refractivity contribution in [2.45, 2.75) is 38.6 Å². The van der Waals surface area contributed by atoms with Crippen molar-refractivity contribution in [1.29, 1.82) is 0 Å². The van der Waals surface area contributed by atoms with Gasteiger partial charge in [-0.05, 0) is 42.3 Å². The molecule has 0 spiro atoms. The van der Waals surface area contributed by atoms with Gasteiger partial charge in [0.1, 0.15) is 18.0 Å². The number of hydrogen-bond acceptors (Lipinski definition) is 5. The van der Waals surface area contributed by atoms with E-state index < -0.39 is 35.6 Å². The van der Waals surface area contributed by atoms with Gasteiger partial charge in [0.25, 0.3) is 5.91 Å². The first-order chi connectivity index (χ1) is 16.8. The Bertz CT molecular complexity index is 1140. The lowest BCUT2D eigenvalue weighted by Gasteiger charge is -2.20. The van der Waals surface area contributed by atoms with Crippen LogP contribution in [0.2, 0.25) is 5.02 Å². The molecule has 0 fully saturated rings. The number of aromatic nitrogens is 1. The van der Waals surface area contributed by atoms with Gasteiger partial charge in [0.2, 0.25) is 11.7 Å². The molecule has 9 heteroatoms. The second-order valence-electron chi connectivity index (χ2n) is 7.85. The molecule has 2 aromatic carbocycles. The van der Waals surface area contributed by atoms with Gasteiger partial charge in [0.15, 0.2) is 0 Å². The Hall–Kier alpha value is -3.62. The van der Waals surface area contributed by atoms with Crippen LogP contribution >= 0.6 is 11.6 Å². The predicted octanol–water partition coefficient (Wildman–Crippen LogP) is 3.39. The quantitative estimate of drug-likeness (QED) is 0.396. The fourth-order valence-electron chi connectivity index (χ4n) is 3.15. The molecule has 0 aliphatic carbocycles. The lowest BCUT2D eigenvalue weighted by molar-refractivity contribution is -0.141. The monoisotopic (exact) mass is 497 g/mol. The molecule has 2 amide bonds. The van der Waals surface area contributed by atoms with Crippen LogP contribution in [-0.2, 0) is 38.7 Å². The van der Waals surface area contributed by atoms with Gasteiger partial charge in [-0.25, -0.2) is 4.39 Å². The summed E-state index contributed by atoms with van der Waals surface area (Å²) in [6.45, 7) is 1.78. The average Bonchev–Trinajstić information content (AvgIpc) is 2.87.